The third-order valence-electron chi connectivity index (χ3n) is 6.01. The van der Waals surface area contributed by atoms with Crippen LogP contribution in [0, 0.1) is 0 Å². The first-order valence-corrected chi connectivity index (χ1v) is 10.8. The van der Waals surface area contributed by atoms with Crippen molar-refractivity contribution in [2.45, 2.75) is 0 Å². The highest BCUT2D eigenvalue weighted by Crippen LogP contribution is 2.32. The van der Waals surface area contributed by atoms with Gasteiger partial charge in [0.15, 0.2) is 0 Å². The monoisotopic (exact) mass is 498 g/mol. The van der Waals surface area contributed by atoms with Gasteiger partial charge in [0, 0.05) is 22.1 Å². The molecule has 0 radical (unpaired) electrons. The number of aromatic amines is 2. The third-order valence-corrected chi connectivity index (χ3v) is 6.01. The molecule has 0 spiro atoms. The van der Waals surface area contributed by atoms with Crippen LogP contribution in [0.5, 0.6) is 0 Å². The minimum Gasteiger partial charge on any atom is -0.456 e. The summed E-state index contributed by atoms with van der Waals surface area (Å²) in [6.45, 7) is 0. The Kier molecular flexibility index (Phi) is 5.81. The third kappa shape index (κ3) is 3.95. The summed E-state index contributed by atoms with van der Waals surface area (Å²) in [5.41, 5.74) is 7.95. The Labute approximate surface area is 213 Å². The summed E-state index contributed by atoms with van der Waals surface area (Å²) in [6, 6.07) is 32.6. The number of aromatic nitrogens is 4. The summed E-state index contributed by atoms with van der Waals surface area (Å²) in [5, 5.41) is 1.05. The van der Waals surface area contributed by atoms with E-state index in [-0.39, 0.29) is 24.8 Å². The van der Waals surface area contributed by atoms with Crippen LogP contribution in [0.3, 0.4) is 0 Å². The molecule has 7 rings (SSSR count). The molecule has 5 nitrogen and oxygen atoms in total. The van der Waals surface area contributed by atoms with Gasteiger partial charge in [0.2, 0.25) is 0 Å². The van der Waals surface area contributed by atoms with Gasteiger partial charge < -0.3 is 14.4 Å². The van der Waals surface area contributed by atoms with E-state index in [4.69, 9.17) is 9.40 Å². The van der Waals surface area contributed by atoms with E-state index in [1.165, 1.54) is 0 Å². The van der Waals surface area contributed by atoms with E-state index in [9.17, 15) is 0 Å². The topological polar surface area (TPSA) is 70.5 Å². The maximum absolute atomic E-state index is 6.14. The average Bonchev–Trinajstić information content (AvgIpc) is 3.59. The number of halogens is 2. The van der Waals surface area contributed by atoms with Crippen LogP contribution in [0.1, 0.15) is 0 Å². The van der Waals surface area contributed by atoms with Gasteiger partial charge in [0.05, 0.1) is 22.1 Å². The van der Waals surface area contributed by atoms with E-state index in [1.807, 2.05) is 60.7 Å². The number of rotatable bonds is 3. The van der Waals surface area contributed by atoms with Crippen LogP contribution in [0.15, 0.2) is 101 Å². The predicted molar refractivity (Wildman–Crippen MR) is 146 cm³/mol. The van der Waals surface area contributed by atoms with E-state index in [2.05, 4.69) is 51.4 Å². The number of benzene rings is 4. The van der Waals surface area contributed by atoms with Gasteiger partial charge in [-0.2, -0.15) is 0 Å². The van der Waals surface area contributed by atoms with Gasteiger partial charge in [-0.3, -0.25) is 0 Å². The molecule has 0 bridgehead atoms. The van der Waals surface area contributed by atoms with Gasteiger partial charge in [-0.05, 0) is 48.5 Å². The van der Waals surface area contributed by atoms with Crippen molar-refractivity contribution in [1.29, 1.82) is 0 Å². The van der Waals surface area contributed by atoms with Crippen LogP contribution in [0.4, 0.5) is 0 Å². The summed E-state index contributed by atoms with van der Waals surface area (Å²) < 4.78 is 6.14. The molecule has 3 heterocycles. The highest BCUT2D eigenvalue weighted by Gasteiger charge is 2.11. The van der Waals surface area contributed by atoms with Gasteiger partial charge in [-0.1, -0.05) is 48.5 Å². The number of para-hydroxylation sites is 4. The second-order valence-electron chi connectivity index (χ2n) is 8.15. The predicted octanol–water partition coefficient (Wildman–Crippen LogP) is 8.03. The number of hydrogen-bond acceptors (Lipinski definition) is 3. The lowest BCUT2D eigenvalue weighted by Gasteiger charge is -1.99. The molecule has 0 fully saturated rings. The lowest BCUT2D eigenvalue weighted by molar-refractivity contribution is 0.631. The van der Waals surface area contributed by atoms with Crippen LogP contribution < -0.4 is 0 Å². The zero-order chi connectivity index (χ0) is 21.8. The largest absolute Gasteiger partial charge is 0.456 e. The van der Waals surface area contributed by atoms with Gasteiger partial charge in [0.1, 0.15) is 23.0 Å². The molecule has 0 unspecified atom stereocenters. The lowest BCUT2D eigenvalue weighted by atomic mass is 10.1. The van der Waals surface area contributed by atoms with E-state index in [1.54, 1.807) is 0 Å². The minimum absolute atomic E-state index is 0. The number of nitrogens with one attached hydrogen (secondary N) is 2. The highest BCUT2D eigenvalue weighted by molar-refractivity contribution is 5.88. The number of fused-ring (bicyclic) bond motifs is 3. The molecule has 35 heavy (non-hydrogen) atoms. The Morgan fingerprint density at radius 2 is 1.09 bits per heavy atom. The number of H-pyrrole nitrogens is 2. The number of furan rings is 1. The first-order valence-electron chi connectivity index (χ1n) is 10.8. The molecular formula is C28H20Cl2N4O. The van der Waals surface area contributed by atoms with Crippen molar-refractivity contribution in [3.05, 3.63) is 97.1 Å². The fourth-order valence-electron chi connectivity index (χ4n) is 4.30. The smallest absolute Gasteiger partial charge is 0.138 e. The molecule has 0 amide bonds. The Hall–Kier alpha value is -4.06. The lowest BCUT2D eigenvalue weighted by Crippen LogP contribution is -1.81. The molecule has 0 aliphatic rings. The van der Waals surface area contributed by atoms with Crippen LogP contribution in [-0.2, 0) is 0 Å². The molecule has 0 atom stereocenters. The first-order chi connectivity index (χ1) is 16.3. The van der Waals surface area contributed by atoms with Crippen molar-refractivity contribution in [3.63, 3.8) is 0 Å². The zero-order valence-corrected chi connectivity index (χ0v) is 20.0. The van der Waals surface area contributed by atoms with E-state index in [0.29, 0.717) is 0 Å². The Bertz CT molecular complexity index is 1710. The van der Waals surface area contributed by atoms with Crippen molar-refractivity contribution in [2.75, 3.05) is 0 Å². The van der Waals surface area contributed by atoms with Crippen LogP contribution in [-0.4, -0.2) is 19.9 Å². The zero-order valence-electron chi connectivity index (χ0n) is 18.4. The fraction of sp³-hybridized carbons (Fsp3) is 0. The molecule has 7 aromatic rings. The molecule has 0 saturated heterocycles. The molecule has 0 saturated carbocycles. The maximum Gasteiger partial charge on any atom is 0.138 e. The molecule has 0 aliphatic heterocycles. The molecule has 3 aromatic heterocycles. The highest BCUT2D eigenvalue weighted by atomic mass is 35.5. The second-order valence-corrected chi connectivity index (χ2v) is 8.15. The minimum atomic E-state index is 0. The van der Waals surface area contributed by atoms with Crippen molar-refractivity contribution in [1.82, 2.24) is 19.9 Å². The fourth-order valence-corrected chi connectivity index (χ4v) is 4.30. The quantitative estimate of drug-likeness (QED) is 0.259. The average molecular weight is 499 g/mol. The molecule has 4 aromatic carbocycles. The summed E-state index contributed by atoms with van der Waals surface area (Å²) >= 11 is 0. The van der Waals surface area contributed by atoms with E-state index >= 15 is 0 Å². The molecule has 0 aliphatic carbocycles. The van der Waals surface area contributed by atoms with Crippen molar-refractivity contribution in [3.8, 4) is 34.1 Å². The Morgan fingerprint density at radius 1 is 0.543 bits per heavy atom. The SMILES string of the molecule is Cl.Cl.c1ccc2[nH]c(-c3ccc(-c4cc5cc(-c6nc7ccccc7[nH]6)ccc5o4)cc3)nc2c1. The molecule has 172 valence electrons. The maximum atomic E-state index is 6.14. The van der Waals surface area contributed by atoms with E-state index in [0.717, 1.165) is 67.1 Å². The second kappa shape index (κ2) is 8.95. The van der Waals surface area contributed by atoms with Gasteiger partial charge in [-0.25, -0.2) is 9.97 Å². The van der Waals surface area contributed by atoms with E-state index < -0.39 is 0 Å². The number of hydrogen-bond donors (Lipinski definition) is 2. The summed E-state index contributed by atoms with van der Waals surface area (Å²) in [5.74, 6) is 2.56. The van der Waals surface area contributed by atoms with Crippen LogP contribution in [0.2, 0.25) is 0 Å². The van der Waals surface area contributed by atoms with Gasteiger partial charge in [-0.15, -0.1) is 24.8 Å². The normalized spacial score (nSPS) is 11.0. The summed E-state index contributed by atoms with van der Waals surface area (Å²) in [4.78, 5) is 16.2. The van der Waals surface area contributed by atoms with Crippen LogP contribution >= 0.6 is 24.8 Å². The standard InChI is InChI=1S/C28H18N4O.2ClH/c1-2-6-22-21(5-1)29-27(30-22)18-11-9-17(10-12-18)26-16-20-15-19(13-14-25(20)33-26)28-31-23-7-3-4-8-24(23)32-28;;/h1-16H,(H,29,30)(H,31,32);2*1H. The Balaban J connectivity index is 0.00000127. The summed E-state index contributed by atoms with van der Waals surface area (Å²) in [7, 11) is 0. The van der Waals surface area contributed by atoms with Crippen molar-refractivity contribution in [2.24, 2.45) is 0 Å². The molecular weight excluding hydrogens is 479 g/mol. The van der Waals surface area contributed by atoms with Crippen molar-refractivity contribution >= 4 is 57.9 Å². The van der Waals surface area contributed by atoms with Crippen molar-refractivity contribution < 1.29 is 4.42 Å². The molecule has 2 N–H and O–H groups in total. The van der Waals surface area contributed by atoms with Gasteiger partial charge >= 0.3 is 0 Å². The first kappa shape index (κ1) is 22.7. The molecule has 7 heteroatoms. The Morgan fingerprint density at radius 3 is 1.71 bits per heavy atom. The summed E-state index contributed by atoms with van der Waals surface area (Å²) in [6.07, 6.45) is 0. The number of imidazole rings is 2. The van der Waals surface area contributed by atoms with Gasteiger partial charge in [0.25, 0.3) is 0 Å². The van der Waals surface area contributed by atoms with Crippen LogP contribution in [0.25, 0.3) is 67.1 Å². The number of nitrogens with zero attached hydrogens (tertiary/aromatic N) is 2.